The van der Waals surface area contributed by atoms with Crippen molar-refractivity contribution in [1.29, 1.82) is 0 Å². The number of imidazole rings is 1. The zero-order chi connectivity index (χ0) is 22.4. The Labute approximate surface area is 184 Å². The van der Waals surface area contributed by atoms with E-state index in [1.807, 2.05) is 86.9 Å². The van der Waals surface area contributed by atoms with Crippen LogP contribution in [0.5, 0.6) is 0 Å². The number of rotatable bonds is 9. The standard InChI is InChI=1S/C25H32N4O2/c1-5-19(6-2)25(31)26-16-23-27-21-14-10-11-15-22(21)28(23)17-24(30)29(18(3)4)20-12-8-7-9-13-20/h7-15,18-19H,5-6,16-17H2,1-4H3,(H,26,31). The number of carbonyl (C=O) groups is 2. The molecule has 0 atom stereocenters. The molecule has 0 spiro atoms. The topological polar surface area (TPSA) is 67.2 Å². The fourth-order valence-corrected chi connectivity index (χ4v) is 3.94. The van der Waals surface area contributed by atoms with Crippen LogP contribution in [0.1, 0.15) is 46.4 Å². The number of aromatic nitrogens is 2. The van der Waals surface area contributed by atoms with Gasteiger partial charge in [-0.3, -0.25) is 9.59 Å². The minimum absolute atomic E-state index is 0.00558. The third kappa shape index (κ3) is 5.13. The van der Waals surface area contributed by atoms with Gasteiger partial charge < -0.3 is 14.8 Å². The Morgan fingerprint density at radius 3 is 2.29 bits per heavy atom. The lowest BCUT2D eigenvalue weighted by atomic mass is 10.0. The molecule has 164 valence electrons. The van der Waals surface area contributed by atoms with E-state index in [1.54, 1.807) is 4.90 Å². The predicted octanol–water partition coefficient (Wildman–Crippen LogP) is 4.53. The number of carbonyl (C=O) groups excluding carboxylic acids is 2. The van der Waals surface area contributed by atoms with Crippen molar-refractivity contribution in [3.63, 3.8) is 0 Å². The van der Waals surface area contributed by atoms with E-state index >= 15 is 0 Å². The highest BCUT2D eigenvalue weighted by Gasteiger charge is 2.22. The molecule has 0 aliphatic rings. The van der Waals surface area contributed by atoms with Crippen LogP contribution in [-0.4, -0.2) is 27.4 Å². The van der Waals surface area contributed by atoms with Crippen LogP contribution in [0.25, 0.3) is 11.0 Å². The van der Waals surface area contributed by atoms with Gasteiger partial charge in [0.05, 0.1) is 17.6 Å². The van der Waals surface area contributed by atoms with Crippen molar-refractivity contribution in [2.24, 2.45) is 5.92 Å². The van der Waals surface area contributed by atoms with E-state index < -0.39 is 0 Å². The number of hydrogen-bond acceptors (Lipinski definition) is 3. The molecule has 0 aliphatic heterocycles. The van der Waals surface area contributed by atoms with Crippen molar-refractivity contribution in [3.05, 3.63) is 60.4 Å². The monoisotopic (exact) mass is 420 g/mol. The molecule has 0 saturated heterocycles. The van der Waals surface area contributed by atoms with Crippen LogP contribution in [0.15, 0.2) is 54.6 Å². The molecule has 0 fully saturated rings. The smallest absolute Gasteiger partial charge is 0.247 e. The molecule has 0 radical (unpaired) electrons. The van der Waals surface area contributed by atoms with Gasteiger partial charge in [-0.25, -0.2) is 4.98 Å². The Kier molecular flexibility index (Phi) is 7.45. The van der Waals surface area contributed by atoms with Crippen LogP contribution in [0.4, 0.5) is 5.69 Å². The molecule has 0 aliphatic carbocycles. The van der Waals surface area contributed by atoms with Gasteiger partial charge >= 0.3 is 0 Å². The number of para-hydroxylation sites is 3. The molecule has 1 aromatic heterocycles. The molecule has 6 nitrogen and oxygen atoms in total. The van der Waals surface area contributed by atoms with Gasteiger partial charge in [0.25, 0.3) is 0 Å². The second kappa shape index (κ2) is 10.2. The molecular formula is C25H32N4O2. The molecular weight excluding hydrogens is 388 g/mol. The zero-order valence-corrected chi connectivity index (χ0v) is 18.8. The van der Waals surface area contributed by atoms with Crippen LogP contribution in [0.3, 0.4) is 0 Å². The first-order valence-corrected chi connectivity index (χ1v) is 11.0. The second-order valence-corrected chi connectivity index (χ2v) is 8.03. The fourth-order valence-electron chi connectivity index (χ4n) is 3.94. The maximum atomic E-state index is 13.4. The van der Waals surface area contributed by atoms with E-state index in [2.05, 4.69) is 5.32 Å². The van der Waals surface area contributed by atoms with Crippen molar-refractivity contribution in [1.82, 2.24) is 14.9 Å². The summed E-state index contributed by atoms with van der Waals surface area (Å²) in [4.78, 5) is 32.4. The van der Waals surface area contributed by atoms with Gasteiger partial charge in [0.2, 0.25) is 11.8 Å². The van der Waals surface area contributed by atoms with E-state index in [1.165, 1.54) is 0 Å². The lowest BCUT2D eigenvalue weighted by Crippen LogP contribution is -2.39. The fraction of sp³-hybridized carbons (Fsp3) is 0.400. The molecule has 0 bridgehead atoms. The van der Waals surface area contributed by atoms with Crippen molar-refractivity contribution in [2.45, 2.75) is 59.7 Å². The second-order valence-electron chi connectivity index (χ2n) is 8.03. The van der Waals surface area contributed by atoms with Crippen LogP contribution < -0.4 is 10.2 Å². The summed E-state index contributed by atoms with van der Waals surface area (Å²) in [6, 6.07) is 17.5. The predicted molar refractivity (Wildman–Crippen MR) is 125 cm³/mol. The molecule has 3 aromatic rings. The van der Waals surface area contributed by atoms with E-state index in [-0.39, 0.29) is 30.3 Å². The summed E-state index contributed by atoms with van der Waals surface area (Å²) in [5.41, 5.74) is 2.58. The average Bonchev–Trinajstić information content (AvgIpc) is 3.11. The molecule has 1 N–H and O–H groups in total. The van der Waals surface area contributed by atoms with Gasteiger partial charge in [-0.1, -0.05) is 44.2 Å². The summed E-state index contributed by atoms with van der Waals surface area (Å²) in [6.07, 6.45) is 1.61. The Morgan fingerprint density at radius 2 is 1.65 bits per heavy atom. The summed E-state index contributed by atoms with van der Waals surface area (Å²) in [5, 5.41) is 3.01. The van der Waals surface area contributed by atoms with Gasteiger partial charge in [0, 0.05) is 17.6 Å². The summed E-state index contributed by atoms with van der Waals surface area (Å²) < 4.78 is 1.92. The highest BCUT2D eigenvalue weighted by atomic mass is 16.2. The zero-order valence-electron chi connectivity index (χ0n) is 18.8. The molecule has 1 heterocycles. The Balaban J connectivity index is 1.89. The number of nitrogens with zero attached hydrogens (tertiary/aromatic N) is 3. The van der Waals surface area contributed by atoms with Crippen LogP contribution >= 0.6 is 0 Å². The summed E-state index contributed by atoms with van der Waals surface area (Å²) in [5.74, 6) is 0.694. The van der Waals surface area contributed by atoms with E-state index in [0.29, 0.717) is 12.4 Å². The number of amides is 2. The normalized spacial score (nSPS) is 11.3. The van der Waals surface area contributed by atoms with Gasteiger partial charge in [-0.15, -0.1) is 0 Å². The minimum atomic E-state index is -0.0167. The first kappa shape index (κ1) is 22.5. The number of anilines is 1. The van der Waals surface area contributed by atoms with E-state index in [0.717, 1.165) is 29.6 Å². The molecule has 3 rings (SSSR count). The Morgan fingerprint density at radius 1 is 1.00 bits per heavy atom. The maximum absolute atomic E-state index is 13.4. The number of nitrogens with one attached hydrogen (secondary N) is 1. The highest BCUT2D eigenvalue weighted by Crippen LogP contribution is 2.21. The Bertz CT molecular complexity index is 1020. The number of benzene rings is 2. The molecule has 0 unspecified atom stereocenters. The van der Waals surface area contributed by atoms with Crippen LogP contribution in [0.2, 0.25) is 0 Å². The van der Waals surface area contributed by atoms with Crippen molar-refractivity contribution in [2.75, 3.05) is 4.90 Å². The molecule has 2 aromatic carbocycles. The van der Waals surface area contributed by atoms with Crippen LogP contribution in [-0.2, 0) is 22.7 Å². The van der Waals surface area contributed by atoms with Crippen LogP contribution in [0, 0.1) is 5.92 Å². The largest absolute Gasteiger partial charge is 0.349 e. The SMILES string of the molecule is CCC(CC)C(=O)NCc1nc2ccccc2n1CC(=O)N(c1ccccc1)C(C)C. The molecule has 0 saturated carbocycles. The summed E-state index contributed by atoms with van der Waals surface area (Å²) in [6.45, 7) is 8.51. The van der Waals surface area contributed by atoms with Crippen molar-refractivity contribution >= 4 is 28.5 Å². The van der Waals surface area contributed by atoms with Gasteiger partial charge in [0.1, 0.15) is 12.4 Å². The third-order valence-electron chi connectivity index (χ3n) is 5.62. The van der Waals surface area contributed by atoms with Gasteiger partial charge in [-0.2, -0.15) is 0 Å². The molecule has 31 heavy (non-hydrogen) atoms. The van der Waals surface area contributed by atoms with Gasteiger partial charge in [0.15, 0.2) is 0 Å². The lowest BCUT2D eigenvalue weighted by Gasteiger charge is -2.27. The van der Waals surface area contributed by atoms with E-state index in [9.17, 15) is 9.59 Å². The van der Waals surface area contributed by atoms with Crippen molar-refractivity contribution in [3.8, 4) is 0 Å². The highest BCUT2D eigenvalue weighted by molar-refractivity contribution is 5.94. The number of hydrogen-bond donors (Lipinski definition) is 1. The summed E-state index contributed by atoms with van der Waals surface area (Å²) in [7, 11) is 0. The van der Waals surface area contributed by atoms with Crippen molar-refractivity contribution < 1.29 is 9.59 Å². The maximum Gasteiger partial charge on any atom is 0.247 e. The number of fused-ring (bicyclic) bond motifs is 1. The average molecular weight is 421 g/mol. The van der Waals surface area contributed by atoms with Gasteiger partial charge in [-0.05, 0) is 51.0 Å². The Hall–Kier alpha value is -3.15. The summed E-state index contributed by atoms with van der Waals surface area (Å²) >= 11 is 0. The quantitative estimate of drug-likeness (QED) is 0.553. The third-order valence-corrected chi connectivity index (χ3v) is 5.62. The first-order chi connectivity index (χ1) is 15.0. The van der Waals surface area contributed by atoms with E-state index in [4.69, 9.17) is 4.98 Å². The molecule has 6 heteroatoms. The lowest BCUT2D eigenvalue weighted by molar-refractivity contribution is -0.125. The first-order valence-electron chi connectivity index (χ1n) is 11.0. The molecule has 2 amide bonds. The minimum Gasteiger partial charge on any atom is -0.349 e.